The third kappa shape index (κ3) is 5.45. The van der Waals surface area contributed by atoms with E-state index in [1.165, 1.54) is 0 Å². The number of nitrogens with one attached hydrogen (secondary N) is 2. The summed E-state index contributed by atoms with van der Waals surface area (Å²) in [7, 11) is 0. The summed E-state index contributed by atoms with van der Waals surface area (Å²) in [5.74, 6) is -0.0381. The molecular weight excluding hydrogens is 390 g/mol. The van der Waals surface area contributed by atoms with Crippen molar-refractivity contribution in [1.29, 1.82) is 0 Å². The number of ether oxygens (including phenoxy) is 1. The molecule has 0 radical (unpaired) electrons. The maximum absolute atomic E-state index is 13.4. The van der Waals surface area contributed by atoms with Gasteiger partial charge in [-0.05, 0) is 30.0 Å². The second-order valence-corrected chi connectivity index (χ2v) is 8.06. The van der Waals surface area contributed by atoms with Crippen LogP contribution < -0.4 is 5.32 Å². The van der Waals surface area contributed by atoms with E-state index in [9.17, 15) is 9.59 Å². The van der Waals surface area contributed by atoms with Crippen molar-refractivity contribution in [2.75, 3.05) is 13.1 Å². The molecule has 1 aliphatic rings. The first-order valence-electron chi connectivity index (χ1n) is 11.0. The number of para-hydroxylation sites is 1. The molecule has 1 aliphatic heterocycles. The largest absolute Gasteiger partial charge is 0.445 e. The molecule has 6 heteroatoms. The van der Waals surface area contributed by atoms with Gasteiger partial charge in [-0.2, -0.15) is 0 Å². The van der Waals surface area contributed by atoms with Crippen molar-refractivity contribution in [3.63, 3.8) is 0 Å². The summed E-state index contributed by atoms with van der Waals surface area (Å²) in [5.41, 5.74) is 2.93. The first-order valence-corrected chi connectivity index (χ1v) is 11.0. The van der Waals surface area contributed by atoms with E-state index < -0.39 is 12.1 Å². The van der Waals surface area contributed by atoms with Crippen molar-refractivity contribution in [1.82, 2.24) is 15.2 Å². The van der Waals surface area contributed by atoms with Crippen LogP contribution in [0.4, 0.5) is 4.79 Å². The lowest BCUT2D eigenvalue weighted by Gasteiger charge is -2.26. The van der Waals surface area contributed by atoms with Gasteiger partial charge in [0.2, 0.25) is 5.91 Å². The molecule has 4 rings (SSSR count). The zero-order valence-corrected chi connectivity index (χ0v) is 17.7. The van der Waals surface area contributed by atoms with Crippen LogP contribution in [0.1, 0.15) is 36.8 Å². The van der Waals surface area contributed by atoms with E-state index in [1.807, 2.05) is 65.7 Å². The van der Waals surface area contributed by atoms with Gasteiger partial charge in [-0.15, -0.1) is 0 Å². The lowest BCUT2D eigenvalue weighted by atomic mass is 10.0. The number of H-pyrrole nitrogens is 1. The second kappa shape index (κ2) is 10.2. The molecule has 2 N–H and O–H groups in total. The summed E-state index contributed by atoms with van der Waals surface area (Å²) in [5, 5.41) is 3.91. The predicted molar refractivity (Wildman–Crippen MR) is 121 cm³/mol. The molecule has 3 aromatic rings. The van der Waals surface area contributed by atoms with E-state index in [0.29, 0.717) is 6.42 Å². The van der Waals surface area contributed by atoms with Gasteiger partial charge in [-0.25, -0.2) is 4.79 Å². The Morgan fingerprint density at radius 3 is 2.45 bits per heavy atom. The van der Waals surface area contributed by atoms with Crippen molar-refractivity contribution in [3.05, 3.63) is 71.9 Å². The highest BCUT2D eigenvalue weighted by molar-refractivity contribution is 5.88. The topological polar surface area (TPSA) is 74.4 Å². The highest BCUT2D eigenvalue weighted by Crippen LogP contribution is 2.20. The van der Waals surface area contributed by atoms with Gasteiger partial charge in [-0.1, -0.05) is 61.4 Å². The lowest BCUT2D eigenvalue weighted by molar-refractivity contribution is -0.133. The van der Waals surface area contributed by atoms with Gasteiger partial charge >= 0.3 is 6.09 Å². The Bertz CT molecular complexity index is 1010. The Labute approximate surface area is 182 Å². The minimum Gasteiger partial charge on any atom is -0.445 e. The van der Waals surface area contributed by atoms with E-state index in [0.717, 1.165) is 60.8 Å². The summed E-state index contributed by atoms with van der Waals surface area (Å²) in [6.07, 6.45) is 6.06. The Hall–Kier alpha value is -3.28. The smallest absolute Gasteiger partial charge is 0.408 e. The van der Waals surface area contributed by atoms with Crippen molar-refractivity contribution in [2.24, 2.45) is 0 Å². The fourth-order valence-corrected chi connectivity index (χ4v) is 4.14. The van der Waals surface area contributed by atoms with Gasteiger partial charge in [0.15, 0.2) is 0 Å². The van der Waals surface area contributed by atoms with E-state index in [4.69, 9.17) is 4.74 Å². The highest BCUT2D eigenvalue weighted by atomic mass is 16.5. The average Bonchev–Trinajstić information content (AvgIpc) is 3.01. The van der Waals surface area contributed by atoms with Gasteiger partial charge in [0.25, 0.3) is 0 Å². The van der Waals surface area contributed by atoms with Crippen LogP contribution in [0.3, 0.4) is 0 Å². The molecule has 2 aromatic carbocycles. The van der Waals surface area contributed by atoms with Crippen LogP contribution in [0.25, 0.3) is 10.9 Å². The predicted octanol–water partition coefficient (Wildman–Crippen LogP) is 4.41. The number of benzene rings is 2. The zero-order chi connectivity index (χ0) is 21.5. The lowest BCUT2D eigenvalue weighted by Crippen LogP contribution is -2.50. The first kappa shape index (κ1) is 21.0. The molecule has 0 aliphatic carbocycles. The van der Waals surface area contributed by atoms with Crippen LogP contribution in [0.15, 0.2) is 60.8 Å². The number of aromatic nitrogens is 1. The number of aromatic amines is 1. The van der Waals surface area contributed by atoms with Crippen LogP contribution in [0.2, 0.25) is 0 Å². The van der Waals surface area contributed by atoms with E-state index in [1.54, 1.807) is 0 Å². The second-order valence-electron chi connectivity index (χ2n) is 8.06. The Balaban J connectivity index is 1.48. The quantitative estimate of drug-likeness (QED) is 0.622. The number of fused-ring (bicyclic) bond motifs is 1. The van der Waals surface area contributed by atoms with Crippen molar-refractivity contribution in [3.8, 4) is 0 Å². The van der Waals surface area contributed by atoms with Crippen molar-refractivity contribution in [2.45, 2.75) is 44.8 Å². The van der Waals surface area contributed by atoms with Crippen LogP contribution >= 0.6 is 0 Å². The molecule has 1 aromatic heterocycles. The number of rotatable bonds is 6. The number of hydrogen-bond acceptors (Lipinski definition) is 3. The molecule has 0 bridgehead atoms. The zero-order valence-electron chi connectivity index (χ0n) is 17.7. The van der Waals surface area contributed by atoms with Gasteiger partial charge in [-0.3, -0.25) is 4.79 Å². The number of nitrogens with zero attached hydrogens (tertiary/aromatic N) is 1. The Kier molecular flexibility index (Phi) is 6.87. The number of likely N-dealkylation sites (tertiary alicyclic amines) is 1. The minimum absolute atomic E-state index is 0.0381. The molecule has 6 nitrogen and oxygen atoms in total. The third-order valence-electron chi connectivity index (χ3n) is 5.82. The molecule has 0 spiro atoms. The van der Waals surface area contributed by atoms with E-state index >= 15 is 0 Å². The number of carbonyl (C=O) groups excluding carboxylic acids is 2. The Morgan fingerprint density at radius 2 is 1.68 bits per heavy atom. The minimum atomic E-state index is -0.666. The first-order chi connectivity index (χ1) is 15.2. The fraction of sp³-hybridized carbons (Fsp3) is 0.360. The monoisotopic (exact) mass is 419 g/mol. The molecule has 1 fully saturated rings. The standard InChI is InChI=1S/C25H29N3O3/c29-24(28-14-8-1-2-9-15-28)23(16-20-17-26-22-13-7-6-12-21(20)22)27-25(30)31-18-19-10-4-3-5-11-19/h3-7,10-13,17,23,26H,1-2,8-9,14-16,18H2,(H,27,30)/t23-/m0/s1. The number of amides is 2. The SMILES string of the molecule is O=C(N[C@@H](Cc1c[nH]c2ccccc12)C(=O)N1CCCCCC1)OCc1ccccc1. The van der Waals surface area contributed by atoms with Crippen LogP contribution in [-0.2, 0) is 22.6 Å². The third-order valence-corrected chi connectivity index (χ3v) is 5.82. The summed E-state index contributed by atoms with van der Waals surface area (Å²) in [4.78, 5) is 31.1. The van der Waals surface area contributed by atoms with Gasteiger partial charge in [0, 0.05) is 36.6 Å². The van der Waals surface area contributed by atoms with Gasteiger partial charge in [0.1, 0.15) is 12.6 Å². The van der Waals surface area contributed by atoms with E-state index in [-0.39, 0.29) is 12.5 Å². The summed E-state index contributed by atoms with van der Waals surface area (Å²) in [6, 6.07) is 16.8. The molecule has 1 saturated heterocycles. The molecule has 0 saturated carbocycles. The highest BCUT2D eigenvalue weighted by Gasteiger charge is 2.28. The molecular formula is C25H29N3O3. The number of carbonyl (C=O) groups is 2. The fourth-order valence-electron chi connectivity index (χ4n) is 4.14. The van der Waals surface area contributed by atoms with Crippen molar-refractivity contribution < 1.29 is 14.3 Å². The molecule has 1 atom stereocenters. The van der Waals surface area contributed by atoms with Crippen molar-refractivity contribution >= 4 is 22.9 Å². The molecule has 2 amide bonds. The van der Waals surface area contributed by atoms with Gasteiger partial charge in [0.05, 0.1) is 0 Å². The average molecular weight is 420 g/mol. The summed E-state index contributed by atoms with van der Waals surface area (Å²) in [6.45, 7) is 1.65. The molecule has 2 heterocycles. The number of hydrogen-bond donors (Lipinski definition) is 2. The summed E-state index contributed by atoms with van der Waals surface area (Å²) >= 11 is 0. The van der Waals surface area contributed by atoms with Crippen LogP contribution in [0, 0.1) is 0 Å². The maximum atomic E-state index is 13.4. The van der Waals surface area contributed by atoms with Gasteiger partial charge < -0.3 is 19.9 Å². The Morgan fingerprint density at radius 1 is 0.968 bits per heavy atom. The summed E-state index contributed by atoms with van der Waals surface area (Å²) < 4.78 is 5.40. The molecule has 31 heavy (non-hydrogen) atoms. The normalized spacial score (nSPS) is 15.3. The van der Waals surface area contributed by atoms with Crippen LogP contribution in [-0.4, -0.2) is 41.0 Å². The van der Waals surface area contributed by atoms with Crippen LogP contribution in [0.5, 0.6) is 0 Å². The maximum Gasteiger partial charge on any atom is 0.408 e. The number of alkyl carbamates (subject to hydrolysis) is 1. The van der Waals surface area contributed by atoms with E-state index in [2.05, 4.69) is 10.3 Å². The molecule has 0 unspecified atom stereocenters. The molecule has 162 valence electrons.